The van der Waals surface area contributed by atoms with Crippen molar-refractivity contribution in [3.05, 3.63) is 28.5 Å². The molecule has 1 aromatic heterocycles. The Kier molecular flexibility index (Phi) is 5.22. The lowest BCUT2D eigenvalue weighted by molar-refractivity contribution is 0.0472. The molecule has 0 spiro atoms. The maximum atomic E-state index is 10.9. The van der Waals surface area contributed by atoms with Crippen LogP contribution in [0.25, 0.3) is 0 Å². The molecule has 116 valence electrons. The van der Waals surface area contributed by atoms with Gasteiger partial charge in [-0.25, -0.2) is 4.79 Å². The van der Waals surface area contributed by atoms with Gasteiger partial charge in [-0.05, 0) is 54.8 Å². The molecule has 1 N–H and O–H groups in total. The van der Waals surface area contributed by atoms with Crippen LogP contribution in [0.2, 0.25) is 0 Å². The molecule has 1 aliphatic rings. The zero-order valence-electron chi connectivity index (χ0n) is 12.5. The second-order valence-electron chi connectivity index (χ2n) is 6.04. The standard InChI is InChI=1S/C15H22BrN3O2/c1-15(2,6-5-13-4-3-12(16)11-17-13)19-9-7-18(8-10-19)14(20)21/h3-4,11H,5-10H2,1-2H3,(H,20,21). The van der Waals surface area contributed by atoms with E-state index in [9.17, 15) is 4.79 Å². The van der Waals surface area contributed by atoms with Gasteiger partial charge < -0.3 is 10.0 Å². The first kappa shape index (κ1) is 16.2. The predicted molar refractivity (Wildman–Crippen MR) is 85.5 cm³/mol. The molecule has 1 saturated heterocycles. The van der Waals surface area contributed by atoms with Gasteiger partial charge in [0.25, 0.3) is 0 Å². The van der Waals surface area contributed by atoms with Gasteiger partial charge in [-0.3, -0.25) is 9.88 Å². The van der Waals surface area contributed by atoms with Gasteiger partial charge >= 0.3 is 6.09 Å². The molecule has 1 aliphatic heterocycles. The summed E-state index contributed by atoms with van der Waals surface area (Å²) in [5.74, 6) is 0. The molecule has 0 aromatic carbocycles. The fraction of sp³-hybridized carbons (Fsp3) is 0.600. The van der Waals surface area contributed by atoms with Crippen LogP contribution in [-0.2, 0) is 6.42 Å². The lowest BCUT2D eigenvalue weighted by Gasteiger charge is -2.43. The van der Waals surface area contributed by atoms with Crippen molar-refractivity contribution in [2.45, 2.75) is 32.2 Å². The first-order chi connectivity index (χ1) is 9.88. The molecular weight excluding hydrogens is 334 g/mol. The smallest absolute Gasteiger partial charge is 0.407 e. The third kappa shape index (κ3) is 4.41. The molecular formula is C15H22BrN3O2. The van der Waals surface area contributed by atoms with Crippen LogP contribution in [0.5, 0.6) is 0 Å². The minimum absolute atomic E-state index is 0.0549. The van der Waals surface area contributed by atoms with E-state index in [4.69, 9.17) is 5.11 Å². The first-order valence-electron chi connectivity index (χ1n) is 7.22. The highest BCUT2D eigenvalue weighted by Crippen LogP contribution is 2.23. The zero-order valence-corrected chi connectivity index (χ0v) is 14.1. The van der Waals surface area contributed by atoms with Crippen molar-refractivity contribution in [3.8, 4) is 0 Å². The van der Waals surface area contributed by atoms with Crippen LogP contribution in [0.1, 0.15) is 26.0 Å². The maximum absolute atomic E-state index is 10.9. The summed E-state index contributed by atoms with van der Waals surface area (Å²) in [6.45, 7) is 7.23. The van der Waals surface area contributed by atoms with Gasteiger partial charge in [0, 0.05) is 48.1 Å². The second-order valence-corrected chi connectivity index (χ2v) is 6.95. The van der Waals surface area contributed by atoms with Crippen LogP contribution in [0.3, 0.4) is 0 Å². The summed E-state index contributed by atoms with van der Waals surface area (Å²) in [5.41, 5.74) is 1.15. The van der Waals surface area contributed by atoms with Crippen molar-refractivity contribution in [2.75, 3.05) is 26.2 Å². The Morgan fingerprint density at radius 2 is 2.00 bits per heavy atom. The van der Waals surface area contributed by atoms with Crippen molar-refractivity contribution in [3.63, 3.8) is 0 Å². The van der Waals surface area contributed by atoms with Gasteiger partial charge in [-0.15, -0.1) is 0 Å². The number of piperazine rings is 1. The third-order valence-corrected chi connectivity index (χ3v) is 4.66. The molecule has 2 rings (SSSR count). The molecule has 0 radical (unpaired) electrons. The van der Waals surface area contributed by atoms with Crippen molar-refractivity contribution in [1.29, 1.82) is 0 Å². The van der Waals surface area contributed by atoms with Gasteiger partial charge in [0.2, 0.25) is 0 Å². The van der Waals surface area contributed by atoms with Crippen LogP contribution in [0.4, 0.5) is 4.79 Å². The second kappa shape index (κ2) is 6.75. The van der Waals surface area contributed by atoms with E-state index < -0.39 is 6.09 Å². The summed E-state index contributed by atoms with van der Waals surface area (Å²) in [6.07, 6.45) is 2.95. The average molecular weight is 356 g/mol. The summed E-state index contributed by atoms with van der Waals surface area (Å²) in [7, 11) is 0. The number of nitrogens with zero attached hydrogens (tertiary/aromatic N) is 3. The van der Waals surface area contributed by atoms with Crippen molar-refractivity contribution >= 4 is 22.0 Å². The molecule has 5 nitrogen and oxygen atoms in total. The minimum Gasteiger partial charge on any atom is -0.465 e. The number of hydrogen-bond acceptors (Lipinski definition) is 3. The predicted octanol–water partition coefficient (Wildman–Crippen LogP) is 2.85. The molecule has 0 atom stereocenters. The minimum atomic E-state index is -0.813. The van der Waals surface area contributed by atoms with Gasteiger partial charge in [0.1, 0.15) is 0 Å². The lowest BCUT2D eigenvalue weighted by atomic mass is 9.94. The molecule has 21 heavy (non-hydrogen) atoms. The monoisotopic (exact) mass is 355 g/mol. The number of halogens is 1. The average Bonchev–Trinajstić information content (AvgIpc) is 2.47. The lowest BCUT2D eigenvalue weighted by Crippen LogP contribution is -2.55. The van der Waals surface area contributed by atoms with Gasteiger partial charge in [-0.1, -0.05) is 0 Å². The highest BCUT2D eigenvalue weighted by atomic mass is 79.9. The van der Waals surface area contributed by atoms with E-state index >= 15 is 0 Å². The van der Waals surface area contributed by atoms with E-state index in [2.05, 4.69) is 39.7 Å². The number of aromatic nitrogens is 1. The van der Waals surface area contributed by atoms with Crippen LogP contribution in [0.15, 0.2) is 22.8 Å². The van der Waals surface area contributed by atoms with E-state index in [0.717, 1.165) is 36.1 Å². The van der Waals surface area contributed by atoms with Crippen LogP contribution in [0, 0.1) is 0 Å². The van der Waals surface area contributed by atoms with E-state index in [1.807, 2.05) is 18.3 Å². The van der Waals surface area contributed by atoms with E-state index in [1.54, 1.807) is 0 Å². The molecule has 6 heteroatoms. The first-order valence-corrected chi connectivity index (χ1v) is 8.01. The molecule has 0 aliphatic carbocycles. The SMILES string of the molecule is CC(C)(CCc1ccc(Br)cn1)N1CCN(C(=O)O)CC1. The highest BCUT2D eigenvalue weighted by Gasteiger charge is 2.30. The fourth-order valence-corrected chi connectivity index (χ4v) is 2.88. The summed E-state index contributed by atoms with van der Waals surface area (Å²) in [4.78, 5) is 19.2. The number of pyridine rings is 1. The number of carbonyl (C=O) groups is 1. The van der Waals surface area contributed by atoms with Crippen LogP contribution >= 0.6 is 15.9 Å². The van der Waals surface area contributed by atoms with E-state index in [0.29, 0.717) is 13.1 Å². The number of amides is 1. The number of hydrogen-bond donors (Lipinski definition) is 1. The molecule has 0 bridgehead atoms. The van der Waals surface area contributed by atoms with Crippen LogP contribution < -0.4 is 0 Å². The Morgan fingerprint density at radius 1 is 1.33 bits per heavy atom. The largest absolute Gasteiger partial charge is 0.465 e. The van der Waals surface area contributed by atoms with Crippen molar-refractivity contribution < 1.29 is 9.90 Å². The Bertz CT molecular complexity index is 482. The Labute approximate surface area is 134 Å². The van der Waals surface area contributed by atoms with Gasteiger partial charge in [0.05, 0.1) is 0 Å². The fourth-order valence-electron chi connectivity index (χ4n) is 2.65. The molecule has 0 unspecified atom stereocenters. The third-order valence-electron chi connectivity index (χ3n) is 4.19. The molecule has 2 heterocycles. The molecule has 0 saturated carbocycles. The summed E-state index contributed by atoms with van der Waals surface area (Å²) >= 11 is 3.39. The maximum Gasteiger partial charge on any atom is 0.407 e. The van der Waals surface area contributed by atoms with E-state index in [-0.39, 0.29) is 5.54 Å². The molecule has 1 amide bonds. The number of aryl methyl sites for hydroxylation is 1. The summed E-state index contributed by atoms with van der Waals surface area (Å²) in [5, 5.41) is 9.00. The molecule has 1 fully saturated rings. The number of rotatable bonds is 4. The Morgan fingerprint density at radius 3 is 2.52 bits per heavy atom. The topological polar surface area (TPSA) is 56.7 Å². The quantitative estimate of drug-likeness (QED) is 0.901. The zero-order chi connectivity index (χ0) is 15.5. The summed E-state index contributed by atoms with van der Waals surface area (Å²) in [6, 6.07) is 4.06. The van der Waals surface area contributed by atoms with Gasteiger partial charge in [0.15, 0.2) is 0 Å². The normalized spacial score (nSPS) is 17.0. The van der Waals surface area contributed by atoms with Crippen LogP contribution in [-0.4, -0.2) is 57.7 Å². The molecule has 1 aromatic rings. The van der Waals surface area contributed by atoms with Gasteiger partial charge in [-0.2, -0.15) is 0 Å². The number of carboxylic acid groups (broad SMARTS) is 1. The van der Waals surface area contributed by atoms with Crippen molar-refractivity contribution in [2.24, 2.45) is 0 Å². The van der Waals surface area contributed by atoms with E-state index in [1.165, 1.54) is 4.90 Å². The Hall–Kier alpha value is -1.14. The Balaban J connectivity index is 1.87. The highest BCUT2D eigenvalue weighted by molar-refractivity contribution is 9.10. The van der Waals surface area contributed by atoms with Crippen molar-refractivity contribution in [1.82, 2.24) is 14.8 Å². The summed E-state index contributed by atoms with van der Waals surface area (Å²) < 4.78 is 0.996.